The highest BCUT2D eigenvalue weighted by Gasteiger charge is 2.10. The smallest absolute Gasteiger partial charge is 0.238 e. The van der Waals surface area contributed by atoms with E-state index in [1.165, 1.54) is 15.1 Å². The van der Waals surface area contributed by atoms with Crippen LogP contribution in [0.25, 0.3) is 20.8 Å². The number of aryl methyl sites for hydroxylation is 1. The van der Waals surface area contributed by atoms with Gasteiger partial charge >= 0.3 is 0 Å². The lowest BCUT2D eigenvalue weighted by Gasteiger charge is -2.15. The molecule has 0 saturated carbocycles. The van der Waals surface area contributed by atoms with E-state index in [4.69, 9.17) is 4.98 Å². The number of hydrogen-bond donors (Lipinski definition) is 1. The predicted molar refractivity (Wildman–Crippen MR) is 119 cm³/mol. The summed E-state index contributed by atoms with van der Waals surface area (Å²) >= 11 is 3.40. The van der Waals surface area contributed by atoms with Crippen LogP contribution in [0, 0.1) is 6.92 Å². The van der Waals surface area contributed by atoms with Gasteiger partial charge in [0, 0.05) is 22.7 Å². The largest absolute Gasteiger partial charge is 0.325 e. The van der Waals surface area contributed by atoms with Gasteiger partial charge in [-0.3, -0.25) is 9.69 Å². The minimum absolute atomic E-state index is 0.0118. The second kappa shape index (κ2) is 8.22. The normalized spacial score (nSPS) is 11.2. The number of carbonyl (C=O) groups is 1. The van der Waals surface area contributed by atoms with Gasteiger partial charge in [-0.15, -0.1) is 22.7 Å². The minimum Gasteiger partial charge on any atom is -0.325 e. The van der Waals surface area contributed by atoms with Gasteiger partial charge in [-0.1, -0.05) is 12.1 Å². The van der Waals surface area contributed by atoms with Crippen molar-refractivity contribution in [1.29, 1.82) is 0 Å². The van der Waals surface area contributed by atoms with Crippen molar-refractivity contribution in [2.45, 2.75) is 13.5 Å². The maximum absolute atomic E-state index is 12.3. The molecule has 0 bridgehead atoms. The van der Waals surface area contributed by atoms with Crippen LogP contribution in [-0.4, -0.2) is 29.4 Å². The highest BCUT2D eigenvalue weighted by atomic mass is 32.1. The average molecular weight is 408 g/mol. The van der Waals surface area contributed by atoms with Crippen molar-refractivity contribution in [3.63, 3.8) is 0 Å². The zero-order chi connectivity index (χ0) is 19.5. The van der Waals surface area contributed by atoms with Crippen molar-refractivity contribution in [2.24, 2.45) is 0 Å². The van der Waals surface area contributed by atoms with Gasteiger partial charge in [0.15, 0.2) is 0 Å². The second-order valence-corrected chi connectivity index (χ2v) is 8.93. The van der Waals surface area contributed by atoms with E-state index in [9.17, 15) is 4.79 Å². The summed E-state index contributed by atoms with van der Waals surface area (Å²) in [7, 11) is 1.96. The molecule has 0 atom stereocenters. The van der Waals surface area contributed by atoms with Gasteiger partial charge in [-0.2, -0.15) is 0 Å². The van der Waals surface area contributed by atoms with Crippen molar-refractivity contribution in [3.8, 4) is 10.6 Å². The Bertz CT molecular complexity index is 1080. The molecule has 28 heavy (non-hydrogen) atoms. The van der Waals surface area contributed by atoms with Crippen LogP contribution in [0.15, 0.2) is 60.0 Å². The van der Waals surface area contributed by atoms with Gasteiger partial charge in [0.1, 0.15) is 5.01 Å². The van der Waals surface area contributed by atoms with Gasteiger partial charge < -0.3 is 5.32 Å². The fourth-order valence-corrected chi connectivity index (χ4v) is 4.87. The lowest BCUT2D eigenvalue weighted by Crippen LogP contribution is -2.29. The number of nitrogens with zero attached hydrogens (tertiary/aromatic N) is 2. The van der Waals surface area contributed by atoms with Crippen molar-refractivity contribution >= 4 is 44.5 Å². The van der Waals surface area contributed by atoms with Crippen LogP contribution in [0.1, 0.15) is 10.4 Å². The lowest BCUT2D eigenvalue weighted by atomic mass is 10.2. The molecule has 0 aliphatic rings. The number of nitrogens with one attached hydrogen (secondary N) is 1. The highest BCUT2D eigenvalue weighted by Crippen LogP contribution is 2.31. The van der Waals surface area contributed by atoms with Gasteiger partial charge in [-0.25, -0.2) is 4.98 Å². The van der Waals surface area contributed by atoms with Crippen LogP contribution in [0.3, 0.4) is 0 Å². The fourth-order valence-electron chi connectivity index (χ4n) is 3.02. The molecular weight excluding hydrogens is 386 g/mol. The number of thiazole rings is 1. The monoisotopic (exact) mass is 407 g/mol. The number of rotatable bonds is 6. The highest BCUT2D eigenvalue weighted by molar-refractivity contribution is 7.21. The molecule has 4 aromatic rings. The third kappa shape index (κ3) is 4.47. The first-order valence-corrected chi connectivity index (χ1v) is 10.7. The summed E-state index contributed by atoms with van der Waals surface area (Å²) in [5.41, 5.74) is 4.13. The molecule has 4 nitrogen and oxygen atoms in total. The van der Waals surface area contributed by atoms with E-state index in [0.29, 0.717) is 6.54 Å². The van der Waals surface area contributed by atoms with Crippen LogP contribution in [0.5, 0.6) is 0 Å². The summed E-state index contributed by atoms with van der Waals surface area (Å²) < 4.78 is 1.20. The number of fused-ring (bicyclic) bond motifs is 1. The van der Waals surface area contributed by atoms with Gasteiger partial charge in [-0.05, 0) is 67.4 Å². The van der Waals surface area contributed by atoms with Gasteiger partial charge in [0.2, 0.25) is 5.91 Å². The zero-order valence-electron chi connectivity index (χ0n) is 15.8. The summed E-state index contributed by atoms with van der Waals surface area (Å²) in [5, 5.41) is 6.02. The Kier molecular flexibility index (Phi) is 5.52. The number of amides is 1. The molecule has 2 aromatic carbocycles. The summed E-state index contributed by atoms with van der Waals surface area (Å²) in [4.78, 5) is 20.3. The average Bonchev–Trinajstić information content (AvgIpc) is 3.31. The van der Waals surface area contributed by atoms with E-state index in [2.05, 4.69) is 41.9 Å². The molecule has 2 heterocycles. The van der Waals surface area contributed by atoms with E-state index < -0.39 is 0 Å². The van der Waals surface area contributed by atoms with E-state index in [1.807, 2.05) is 42.3 Å². The first kappa shape index (κ1) is 18.8. The maximum Gasteiger partial charge on any atom is 0.238 e. The summed E-state index contributed by atoms with van der Waals surface area (Å²) in [6.45, 7) is 3.23. The Morgan fingerprint density at radius 3 is 2.71 bits per heavy atom. The number of likely N-dealkylation sites (N-methyl/N-ethyl adjacent to an activating group) is 1. The molecule has 0 aliphatic carbocycles. The van der Waals surface area contributed by atoms with Gasteiger partial charge in [0.05, 0.1) is 16.8 Å². The first-order valence-electron chi connectivity index (χ1n) is 9.05. The van der Waals surface area contributed by atoms with Crippen LogP contribution in [-0.2, 0) is 11.3 Å². The van der Waals surface area contributed by atoms with Crippen molar-refractivity contribution in [3.05, 3.63) is 70.4 Å². The third-order valence-electron chi connectivity index (χ3n) is 4.38. The van der Waals surface area contributed by atoms with E-state index in [-0.39, 0.29) is 5.91 Å². The number of thiophene rings is 1. The first-order chi connectivity index (χ1) is 13.6. The Morgan fingerprint density at radius 1 is 1.14 bits per heavy atom. The van der Waals surface area contributed by atoms with E-state index in [0.717, 1.165) is 28.3 Å². The summed E-state index contributed by atoms with van der Waals surface area (Å²) in [6.07, 6.45) is 0. The molecule has 2 aromatic heterocycles. The minimum atomic E-state index is -0.0118. The fraction of sp³-hybridized carbons (Fsp3) is 0.182. The molecule has 4 rings (SSSR count). The quantitative estimate of drug-likeness (QED) is 0.465. The molecule has 1 N–H and O–H groups in total. The van der Waals surface area contributed by atoms with Crippen molar-refractivity contribution < 1.29 is 4.79 Å². The Labute approximate surface area is 172 Å². The van der Waals surface area contributed by atoms with Crippen molar-refractivity contribution in [1.82, 2.24) is 9.88 Å². The SMILES string of the molecule is Cc1ccc2nc(-c3ccc(NC(=O)CN(C)Cc4cccs4)cc3)sc2c1. The number of aromatic nitrogens is 1. The zero-order valence-corrected chi connectivity index (χ0v) is 17.4. The molecule has 0 aliphatic heterocycles. The van der Waals surface area contributed by atoms with Crippen LogP contribution in [0.2, 0.25) is 0 Å². The standard InChI is InChI=1S/C22H21N3OS2/c1-15-5-10-19-20(12-15)28-22(24-19)16-6-8-17(9-7-16)23-21(26)14-25(2)13-18-4-3-11-27-18/h3-12H,13-14H2,1-2H3,(H,23,26). The van der Waals surface area contributed by atoms with Crippen LogP contribution >= 0.6 is 22.7 Å². The molecule has 142 valence electrons. The second-order valence-electron chi connectivity index (χ2n) is 6.87. The third-order valence-corrected chi connectivity index (χ3v) is 6.31. The van der Waals surface area contributed by atoms with Gasteiger partial charge in [0.25, 0.3) is 0 Å². The molecular formula is C22H21N3OS2. The van der Waals surface area contributed by atoms with E-state index >= 15 is 0 Å². The van der Waals surface area contributed by atoms with Crippen LogP contribution in [0.4, 0.5) is 5.69 Å². The number of benzene rings is 2. The predicted octanol–water partition coefficient (Wildman–Crippen LogP) is 5.40. The van der Waals surface area contributed by atoms with Crippen molar-refractivity contribution in [2.75, 3.05) is 18.9 Å². The Hall–Kier alpha value is -2.54. The maximum atomic E-state index is 12.3. The summed E-state index contributed by atoms with van der Waals surface area (Å²) in [5.74, 6) is -0.0118. The Balaban J connectivity index is 1.39. The molecule has 6 heteroatoms. The molecule has 0 spiro atoms. The molecule has 0 radical (unpaired) electrons. The topological polar surface area (TPSA) is 45.2 Å². The number of carbonyl (C=O) groups excluding carboxylic acids is 1. The molecule has 0 saturated heterocycles. The number of hydrogen-bond acceptors (Lipinski definition) is 5. The lowest BCUT2D eigenvalue weighted by molar-refractivity contribution is -0.117. The van der Waals surface area contributed by atoms with Crippen LogP contribution < -0.4 is 5.32 Å². The molecule has 0 unspecified atom stereocenters. The number of anilines is 1. The van der Waals surface area contributed by atoms with E-state index in [1.54, 1.807) is 22.7 Å². The molecule has 0 fully saturated rings. The Morgan fingerprint density at radius 2 is 1.96 bits per heavy atom. The summed E-state index contributed by atoms with van der Waals surface area (Å²) in [6, 6.07) is 18.3. The molecule has 1 amide bonds.